The van der Waals surface area contributed by atoms with Crippen LogP contribution in [0.5, 0.6) is 0 Å². The van der Waals surface area contributed by atoms with Gasteiger partial charge in [-0.3, -0.25) is 0 Å². The first-order chi connectivity index (χ1) is 39.6. The topological polar surface area (TPSA) is 218 Å². The maximum Gasteiger partial charge on any atom is 0.164 e. The van der Waals surface area contributed by atoms with Crippen molar-refractivity contribution in [2.45, 2.75) is 0 Å². The Labute approximate surface area is 479 Å². The van der Waals surface area contributed by atoms with Gasteiger partial charge in [0.15, 0.2) is 46.6 Å². The van der Waals surface area contributed by atoms with Gasteiger partial charge < -0.3 is 19.9 Å². The van der Waals surface area contributed by atoms with E-state index in [0.29, 0.717) is 91.8 Å². The molecule has 6 aromatic heterocycles. The third kappa shape index (κ3) is 7.49. The van der Waals surface area contributed by atoms with Crippen molar-refractivity contribution in [1.82, 2.24) is 79.7 Å². The van der Waals surface area contributed by atoms with Crippen molar-refractivity contribution in [2.24, 2.45) is 0 Å². The molecule has 17 heteroatoms. The quantitative estimate of drug-likeness (QED) is 0.111. The first kappa shape index (κ1) is 46.6. The van der Waals surface area contributed by atoms with Crippen molar-refractivity contribution in [3.8, 4) is 91.1 Å². The minimum atomic E-state index is 0. The van der Waals surface area contributed by atoms with Gasteiger partial charge in [-0.15, -0.1) is 0 Å². The Bertz CT molecular complexity index is 4390. The van der Waals surface area contributed by atoms with Crippen LogP contribution >= 0.6 is 0 Å². The molecule has 14 aromatic rings. The third-order valence-electron chi connectivity index (χ3n) is 14.9. The zero-order chi connectivity index (χ0) is 52.4. The number of aromatic nitrogens is 16. The van der Waals surface area contributed by atoms with E-state index in [1.54, 1.807) is 0 Å². The van der Waals surface area contributed by atoms with E-state index in [0.717, 1.165) is 87.6 Å². The first-order valence-corrected chi connectivity index (χ1v) is 26.0. The molecule has 8 aromatic carbocycles. The molecule has 81 heavy (non-hydrogen) atoms. The smallest absolute Gasteiger partial charge is 0.164 e. The Kier molecular flexibility index (Phi) is 10.5. The van der Waals surface area contributed by atoms with Crippen LogP contribution in [-0.2, 0) is 0 Å². The summed E-state index contributed by atoms with van der Waals surface area (Å²) in [7, 11) is 0. The summed E-state index contributed by atoms with van der Waals surface area (Å²) in [5.41, 5.74) is 12.9. The molecule has 0 radical (unpaired) electrons. The molecule has 0 unspecified atom stereocenters. The Morgan fingerprint density at radius 2 is 0.284 bits per heavy atom. The molecule has 10 heterocycles. The van der Waals surface area contributed by atoms with Gasteiger partial charge in [0.2, 0.25) is 0 Å². The van der Waals surface area contributed by atoms with Gasteiger partial charge in [-0.25, -0.2) is 59.8 Å². The van der Waals surface area contributed by atoms with Crippen LogP contribution in [0.1, 0.15) is 0 Å². The van der Waals surface area contributed by atoms with E-state index in [1.165, 1.54) is 0 Å². The number of aromatic amines is 4. The SMILES string of the molecule is [Pu].c1ccc2c(c1)-c1nc-2nc2[nH]c(nc3nc(nc4[nH]c(n1)c1ccccc41)-c1ccccc1-3)c1ccccc21.c1ccc2c(c1)-c1nc-2nc2[nH]c(nc3nc(nc4[nH]c(n1)c1ccccc41)-c1ccccc1-3)c1ccccc21. The second-order valence-corrected chi connectivity index (χ2v) is 19.6. The summed E-state index contributed by atoms with van der Waals surface area (Å²) >= 11 is 0. The molecule has 0 atom stereocenters. The molecule has 18 rings (SSSR count). The second kappa shape index (κ2) is 18.3. The van der Waals surface area contributed by atoms with E-state index < -0.39 is 0 Å². The minimum Gasteiger partial charge on any atom is -0.324 e. The molecule has 16 nitrogen and oxygen atoms in total. The van der Waals surface area contributed by atoms with Crippen LogP contribution in [-0.4, -0.2) is 79.7 Å². The summed E-state index contributed by atoms with van der Waals surface area (Å²) in [5.74, 6) is 4.78. The Hall–Kier alpha value is -10.5. The number of nitrogens with zero attached hydrogens (tertiary/aromatic N) is 12. The summed E-state index contributed by atoms with van der Waals surface area (Å²) in [6.07, 6.45) is 0. The van der Waals surface area contributed by atoms with E-state index in [-0.39, 0.29) is 29.2 Å². The molecular weight excluding hydrogens is 1240 g/mol. The molecule has 0 fully saturated rings. The maximum atomic E-state index is 5.02. The van der Waals surface area contributed by atoms with Gasteiger partial charge in [0.25, 0.3) is 0 Å². The summed E-state index contributed by atoms with van der Waals surface area (Å²) in [4.78, 5) is 73.5. The second-order valence-electron chi connectivity index (χ2n) is 19.6. The van der Waals surface area contributed by atoms with Crippen LogP contribution in [0.25, 0.3) is 179 Å². The van der Waals surface area contributed by atoms with Gasteiger partial charge in [-0.1, -0.05) is 194 Å². The molecule has 16 bridgehead atoms. The largest absolute Gasteiger partial charge is 0.324 e. The molecular formula is C64H36N16Pu. The minimum absolute atomic E-state index is 0. The molecule has 0 saturated carbocycles. The average molecular weight is 1270 g/mol. The zero-order valence-electron chi connectivity index (χ0n) is 42.3. The van der Waals surface area contributed by atoms with Crippen molar-refractivity contribution in [2.75, 3.05) is 0 Å². The van der Waals surface area contributed by atoms with Gasteiger partial charge in [-0.05, 0) is 0 Å². The molecule has 0 amide bonds. The van der Waals surface area contributed by atoms with Crippen molar-refractivity contribution in [3.05, 3.63) is 194 Å². The molecule has 378 valence electrons. The van der Waals surface area contributed by atoms with Crippen LogP contribution in [0.3, 0.4) is 0 Å². The van der Waals surface area contributed by atoms with Crippen molar-refractivity contribution >= 4 is 88.3 Å². The summed E-state index contributed by atoms with van der Waals surface area (Å²) in [5, 5.41) is 7.64. The maximum absolute atomic E-state index is 5.02. The van der Waals surface area contributed by atoms with Crippen LogP contribution in [0.2, 0.25) is 0 Å². The predicted octanol–water partition coefficient (Wildman–Crippen LogP) is 13.7. The van der Waals surface area contributed by atoms with Crippen molar-refractivity contribution in [1.29, 1.82) is 0 Å². The van der Waals surface area contributed by atoms with Gasteiger partial charge in [0.1, 0.15) is 45.2 Å². The standard InChI is InChI=1S/2C32H18N8.Pu/c2*1-2-10-18-17(9-1)25-33-26(18)38-28-21-13-5-6-14-22(21)30(35-28)40-32-24-16-8-7-15-23(24)31(36-32)39-29-20-12-4-3-11-19(20)27(34-29)37-25;/h2*1-16H,(H2,33,34,35,36,37,38,39,40);. The summed E-state index contributed by atoms with van der Waals surface area (Å²) in [6, 6.07) is 64.5. The summed E-state index contributed by atoms with van der Waals surface area (Å²) in [6.45, 7) is 0. The van der Waals surface area contributed by atoms with Gasteiger partial charge in [0, 0.05) is 117 Å². The number of hydrogen-bond acceptors (Lipinski definition) is 12. The molecule has 0 spiro atoms. The fraction of sp³-hybridized carbons (Fsp3) is 0. The van der Waals surface area contributed by atoms with Crippen LogP contribution in [0.4, 0.5) is 0 Å². The number of benzene rings is 8. The van der Waals surface area contributed by atoms with Gasteiger partial charge in [0.05, 0.1) is 0 Å². The first-order valence-electron chi connectivity index (χ1n) is 26.0. The molecule has 4 aliphatic rings. The molecule has 4 N–H and O–H groups in total. The normalized spacial score (nSPS) is 11.9. The number of nitrogens with one attached hydrogen (secondary N) is 4. The number of fused-ring (bicyclic) bond motifs is 40. The van der Waals surface area contributed by atoms with E-state index in [9.17, 15) is 0 Å². The van der Waals surface area contributed by atoms with E-state index >= 15 is 0 Å². The Morgan fingerprint density at radius 1 is 0.160 bits per heavy atom. The fourth-order valence-electron chi connectivity index (χ4n) is 11.2. The van der Waals surface area contributed by atoms with Crippen LogP contribution in [0.15, 0.2) is 194 Å². The third-order valence-corrected chi connectivity index (χ3v) is 14.9. The number of rotatable bonds is 0. The summed E-state index contributed by atoms with van der Waals surface area (Å²) < 4.78 is 0. The van der Waals surface area contributed by atoms with Gasteiger partial charge in [-0.2, -0.15) is 0 Å². The zero-order valence-corrected chi connectivity index (χ0v) is 45.6. The predicted molar refractivity (Wildman–Crippen MR) is 312 cm³/mol. The van der Waals surface area contributed by atoms with Crippen molar-refractivity contribution < 1.29 is 29.2 Å². The van der Waals surface area contributed by atoms with E-state index in [2.05, 4.69) is 19.9 Å². The molecule has 0 aliphatic carbocycles. The van der Waals surface area contributed by atoms with Crippen LogP contribution in [0, 0.1) is 29.2 Å². The fourth-order valence-corrected chi connectivity index (χ4v) is 11.2. The number of H-pyrrole nitrogens is 4. The monoisotopic (exact) mass is 1270 g/mol. The molecule has 0 saturated heterocycles. The van der Waals surface area contributed by atoms with Crippen LogP contribution < -0.4 is 0 Å². The van der Waals surface area contributed by atoms with Gasteiger partial charge >= 0.3 is 0 Å². The van der Waals surface area contributed by atoms with Crippen molar-refractivity contribution in [3.63, 3.8) is 0 Å². The van der Waals surface area contributed by atoms with E-state index in [4.69, 9.17) is 59.8 Å². The molecule has 4 aliphatic heterocycles. The average Bonchev–Trinajstić information content (AvgIpc) is 4.53. The Balaban J connectivity index is 0.000000132. The van der Waals surface area contributed by atoms with E-state index in [1.807, 2.05) is 194 Å². The number of hydrogen-bond donors (Lipinski definition) is 4. The Morgan fingerprint density at radius 3 is 0.420 bits per heavy atom.